The van der Waals surface area contributed by atoms with Crippen LogP contribution in [0.5, 0.6) is 0 Å². The summed E-state index contributed by atoms with van der Waals surface area (Å²) in [7, 11) is 0. The van der Waals surface area contributed by atoms with Gasteiger partial charge in [0.05, 0.1) is 24.6 Å². The molecular formula is C16H14ClNO4. The predicted octanol–water partition coefficient (Wildman–Crippen LogP) is 4.20. The number of carboxylic acid groups (broad SMARTS) is 1. The number of halogens is 1. The van der Waals surface area contributed by atoms with Gasteiger partial charge >= 0.3 is 6.09 Å². The highest BCUT2D eigenvalue weighted by Gasteiger charge is 2.26. The van der Waals surface area contributed by atoms with Crippen molar-refractivity contribution >= 4 is 29.1 Å². The lowest BCUT2D eigenvalue weighted by atomic mass is 10.1. The molecule has 22 heavy (non-hydrogen) atoms. The lowest BCUT2D eigenvalue weighted by molar-refractivity contribution is -0.0436. The van der Waals surface area contributed by atoms with Gasteiger partial charge in [-0.1, -0.05) is 29.8 Å². The minimum absolute atomic E-state index is 0.493. The fraction of sp³-hybridized carbons (Fsp3) is 0.188. The fourth-order valence-corrected chi connectivity index (χ4v) is 2.50. The van der Waals surface area contributed by atoms with E-state index < -0.39 is 12.4 Å². The molecule has 0 radical (unpaired) electrons. The Labute approximate surface area is 132 Å². The van der Waals surface area contributed by atoms with Crippen LogP contribution >= 0.6 is 11.6 Å². The van der Waals surface area contributed by atoms with Crippen LogP contribution in [-0.4, -0.2) is 24.4 Å². The molecular weight excluding hydrogens is 306 g/mol. The molecule has 6 heteroatoms. The number of amides is 1. The molecule has 0 bridgehead atoms. The number of hydrogen-bond acceptors (Lipinski definition) is 3. The van der Waals surface area contributed by atoms with Crippen molar-refractivity contribution in [3.63, 3.8) is 0 Å². The summed E-state index contributed by atoms with van der Waals surface area (Å²) in [5.41, 5.74) is 1.68. The van der Waals surface area contributed by atoms with Gasteiger partial charge in [-0.3, -0.25) is 0 Å². The van der Waals surface area contributed by atoms with Gasteiger partial charge in [0.25, 0.3) is 0 Å². The Morgan fingerprint density at radius 1 is 1.09 bits per heavy atom. The van der Waals surface area contributed by atoms with Gasteiger partial charge in [-0.05, 0) is 30.3 Å². The molecule has 1 N–H and O–H groups in total. The van der Waals surface area contributed by atoms with Crippen LogP contribution in [0.4, 0.5) is 16.2 Å². The largest absolute Gasteiger partial charge is 0.464 e. The van der Waals surface area contributed by atoms with Gasteiger partial charge in [0.15, 0.2) is 6.29 Å². The number of anilines is 2. The molecule has 2 aromatic rings. The van der Waals surface area contributed by atoms with Crippen LogP contribution in [0.15, 0.2) is 48.5 Å². The first-order valence-electron chi connectivity index (χ1n) is 6.77. The van der Waals surface area contributed by atoms with E-state index in [1.807, 2.05) is 6.07 Å². The summed E-state index contributed by atoms with van der Waals surface area (Å²) >= 11 is 5.87. The van der Waals surface area contributed by atoms with E-state index in [2.05, 4.69) is 0 Å². The number of carbonyl (C=O) groups is 1. The summed E-state index contributed by atoms with van der Waals surface area (Å²) in [6.45, 7) is 0.986. The van der Waals surface area contributed by atoms with E-state index in [1.165, 1.54) is 4.90 Å². The topological polar surface area (TPSA) is 59.0 Å². The number of para-hydroxylation sites is 1. The third-order valence-electron chi connectivity index (χ3n) is 3.33. The van der Waals surface area contributed by atoms with E-state index in [1.54, 1.807) is 42.5 Å². The van der Waals surface area contributed by atoms with Crippen LogP contribution in [-0.2, 0) is 9.47 Å². The molecule has 1 amide bonds. The number of nitrogens with zero attached hydrogens (tertiary/aromatic N) is 1. The lowest BCUT2D eigenvalue weighted by Gasteiger charge is -2.24. The van der Waals surface area contributed by atoms with E-state index >= 15 is 0 Å². The highest BCUT2D eigenvalue weighted by molar-refractivity contribution is 6.30. The molecule has 0 aromatic heterocycles. The number of benzene rings is 2. The molecule has 1 saturated heterocycles. The molecule has 0 unspecified atom stereocenters. The van der Waals surface area contributed by atoms with Crippen molar-refractivity contribution < 1.29 is 19.4 Å². The van der Waals surface area contributed by atoms with Crippen LogP contribution in [0, 0.1) is 0 Å². The molecule has 114 valence electrons. The summed E-state index contributed by atoms with van der Waals surface area (Å²) in [5.74, 6) is 0. The maximum atomic E-state index is 11.8. The van der Waals surface area contributed by atoms with Gasteiger partial charge in [-0.25, -0.2) is 9.69 Å². The second kappa shape index (κ2) is 6.36. The molecule has 3 rings (SSSR count). The SMILES string of the molecule is O=C(O)N(c1ccc(Cl)cc1)c1ccccc1C1OCCO1. The number of hydrogen-bond donors (Lipinski definition) is 1. The fourth-order valence-electron chi connectivity index (χ4n) is 2.37. The van der Waals surface area contributed by atoms with Gasteiger partial charge in [0, 0.05) is 10.6 Å². The van der Waals surface area contributed by atoms with Crippen LogP contribution in [0.2, 0.25) is 5.02 Å². The Morgan fingerprint density at radius 2 is 1.73 bits per heavy atom. The highest BCUT2D eigenvalue weighted by atomic mass is 35.5. The van der Waals surface area contributed by atoms with Crippen LogP contribution in [0.25, 0.3) is 0 Å². The van der Waals surface area contributed by atoms with Crippen LogP contribution in [0.3, 0.4) is 0 Å². The smallest absolute Gasteiger partial charge is 0.416 e. The molecule has 0 atom stereocenters. The summed E-state index contributed by atoms with van der Waals surface area (Å²) in [4.78, 5) is 13.0. The molecule has 1 aliphatic rings. The van der Waals surface area contributed by atoms with Crippen molar-refractivity contribution in [1.29, 1.82) is 0 Å². The van der Waals surface area contributed by atoms with E-state index in [-0.39, 0.29) is 0 Å². The van der Waals surface area contributed by atoms with Gasteiger partial charge in [0.2, 0.25) is 0 Å². The quantitative estimate of drug-likeness (QED) is 0.921. The molecule has 5 nitrogen and oxygen atoms in total. The second-order valence-corrected chi connectivity index (χ2v) is 5.16. The van der Waals surface area contributed by atoms with Crippen molar-refractivity contribution in [3.05, 3.63) is 59.1 Å². The Bertz CT molecular complexity index is 668. The third kappa shape index (κ3) is 2.92. The first-order chi connectivity index (χ1) is 10.7. The van der Waals surface area contributed by atoms with Gasteiger partial charge in [-0.2, -0.15) is 0 Å². The first kappa shape index (κ1) is 14.8. The zero-order valence-corrected chi connectivity index (χ0v) is 12.4. The maximum absolute atomic E-state index is 11.8. The zero-order chi connectivity index (χ0) is 15.5. The minimum Gasteiger partial charge on any atom is -0.464 e. The Hall–Kier alpha value is -2.08. The molecule has 0 spiro atoms. The van der Waals surface area contributed by atoms with Gasteiger partial charge in [-0.15, -0.1) is 0 Å². The normalized spacial score (nSPS) is 15.0. The van der Waals surface area contributed by atoms with Crippen molar-refractivity contribution in [2.24, 2.45) is 0 Å². The van der Waals surface area contributed by atoms with E-state index in [9.17, 15) is 9.90 Å². The molecule has 0 saturated carbocycles. The standard InChI is InChI=1S/C16H14ClNO4/c17-11-5-7-12(8-6-11)18(16(19)20)14-4-2-1-3-13(14)15-21-9-10-22-15/h1-8,15H,9-10H2,(H,19,20). The van der Waals surface area contributed by atoms with E-state index in [4.69, 9.17) is 21.1 Å². The number of ether oxygens (including phenoxy) is 2. The summed E-state index contributed by atoms with van der Waals surface area (Å²) in [6.07, 6.45) is -1.64. The summed E-state index contributed by atoms with van der Waals surface area (Å²) < 4.78 is 11.0. The maximum Gasteiger partial charge on any atom is 0.416 e. The van der Waals surface area contributed by atoms with Gasteiger partial charge < -0.3 is 14.6 Å². The van der Waals surface area contributed by atoms with Crippen molar-refractivity contribution in [2.45, 2.75) is 6.29 Å². The monoisotopic (exact) mass is 319 g/mol. The number of rotatable bonds is 3. The van der Waals surface area contributed by atoms with Crippen molar-refractivity contribution in [2.75, 3.05) is 18.1 Å². The minimum atomic E-state index is -1.09. The first-order valence-corrected chi connectivity index (χ1v) is 7.15. The Balaban J connectivity index is 2.05. The average molecular weight is 320 g/mol. The molecule has 1 heterocycles. The second-order valence-electron chi connectivity index (χ2n) is 4.73. The van der Waals surface area contributed by atoms with Crippen LogP contribution < -0.4 is 4.90 Å². The predicted molar refractivity (Wildman–Crippen MR) is 82.7 cm³/mol. The van der Waals surface area contributed by atoms with E-state index in [0.717, 1.165) is 0 Å². The molecule has 0 aliphatic carbocycles. The molecule has 2 aromatic carbocycles. The average Bonchev–Trinajstić information content (AvgIpc) is 3.04. The van der Waals surface area contributed by atoms with Crippen LogP contribution in [0.1, 0.15) is 11.9 Å². The highest BCUT2D eigenvalue weighted by Crippen LogP contribution is 2.35. The zero-order valence-electron chi connectivity index (χ0n) is 11.6. The van der Waals surface area contributed by atoms with Crippen molar-refractivity contribution in [3.8, 4) is 0 Å². The summed E-state index contributed by atoms with van der Waals surface area (Å²) in [6, 6.07) is 13.7. The molecule has 1 fully saturated rings. The Morgan fingerprint density at radius 3 is 2.36 bits per heavy atom. The molecule has 1 aliphatic heterocycles. The third-order valence-corrected chi connectivity index (χ3v) is 3.58. The summed E-state index contributed by atoms with van der Waals surface area (Å²) in [5, 5.41) is 10.2. The van der Waals surface area contributed by atoms with Gasteiger partial charge in [0.1, 0.15) is 0 Å². The lowest BCUT2D eigenvalue weighted by Crippen LogP contribution is -2.25. The van der Waals surface area contributed by atoms with Crippen molar-refractivity contribution in [1.82, 2.24) is 0 Å². The Kier molecular flexibility index (Phi) is 4.29. The van der Waals surface area contributed by atoms with E-state index in [0.29, 0.717) is 35.2 Å².